The molecule has 0 bridgehead atoms. The minimum absolute atomic E-state index is 0. The van der Waals surface area contributed by atoms with E-state index in [1.54, 1.807) is 0 Å². The van der Waals surface area contributed by atoms with Gasteiger partial charge in [-0.2, -0.15) is 0 Å². The molecule has 0 radical (unpaired) electrons. The molecule has 2 aromatic rings. The van der Waals surface area contributed by atoms with Crippen molar-refractivity contribution in [2.24, 2.45) is 0 Å². The van der Waals surface area contributed by atoms with Crippen molar-refractivity contribution >= 4 is 11.4 Å². The van der Waals surface area contributed by atoms with E-state index >= 15 is 0 Å². The molecule has 2 aromatic carbocycles. The fourth-order valence-corrected chi connectivity index (χ4v) is 3.90. The molecule has 0 aliphatic rings. The number of unbranched alkanes of at least 4 members (excludes halogenated alkanes) is 10. The zero-order valence-corrected chi connectivity index (χ0v) is 19.7. The molecule has 168 valence electrons. The molecular weight excluding hydrogens is 364 g/mol. The predicted octanol–water partition coefficient (Wildman–Crippen LogP) is 9.40. The van der Waals surface area contributed by atoms with Crippen LogP contribution in [0.2, 0.25) is 0 Å². The second-order valence-corrected chi connectivity index (χ2v) is 8.55. The molecule has 0 amide bonds. The van der Waals surface area contributed by atoms with Crippen LogP contribution >= 0.6 is 0 Å². The van der Waals surface area contributed by atoms with E-state index < -0.39 is 0 Å². The molecule has 0 aromatic heterocycles. The summed E-state index contributed by atoms with van der Waals surface area (Å²) >= 11 is 0. The van der Waals surface area contributed by atoms with Gasteiger partial charge in [-0.1, -0.05) is 102 Å². The zero-order chi connectivity index (χ0) is 20.6. The Morgan fingerprint density at radius 2 is 0.800 bits per heavy atom. The number of hydrogen-bond acceptors (Lipinski definition) is 2. The normalized spacial score (nSPS) is 10.6. The zero-order valence-electron chi connectivity index (χ0n) is 19.7. The lowest BCUT2D eigenvalue weighted by molar-refractivity contribution is 0.607. The summed E-state index contributed by atoms with van der Waals surface area (Å²) in [7, 11) is 0. The van der Waals surface area contributed by atoms with Crippen molar-refractivity contribution in [1.82, 2.24) is 6.15 Å². The highest BCUT2D eigenvalue weighted by molar-refractivity contribution is 5.60. The maximum Gasteiger partial charge on any atom is 0.0384 e. The Bertz CT molecular complexity index is 573. The number of anilines is 2. The Morgan fingerprint density at radius 1 is 0.467 bits per heavy atom. The molecule has 0 spiro atoms. The maximum atomic E-state index is 3.54. The van der Waals surface area contributed by atoms with E-state index in [1.165, 1.54) is 112 Å². The molecule has 30 heavy (non-hydrogen) atoms. The highest BCUT2D eigenvalue weighted by Gasteiger charge is 1.99. The van der Waals surface area contributed by atoms with Gasteiger partial charge >= 0.3 is 0 Å². The molecule has 0 atom stereocenters. The molecule has 0 fully saturated rings. The van der Waals surface area contributed by atoms with Gasteiger partial charge < -0.3 is 11.5 Å². The van der Waals surface area contributed by atoms with Crippen LogP contribution in [-0.4, -0.2) is 0 Å². The Hall–Kier alpha value is -1.80. The van der Waals surface area contributed by atoms with E-state index in [-0.39, 0.29) is 6.15 Å². The first-order chi connectivity index (χ1) is 14.3. The second-order valence-electron chi connectivity index (χ2n) is 8.55. The molecule has 0 saturated carbocycles. The number of hydrogen-bond donors (Lipinski definition) is 2. The third kappa shape index (κ3) is 11.4. The van der Waals surface area contributed by atoms with Gasteiger partial charge in [0.2, 0.25) is 0 Å². The summed E-state index contributed by atoms with van der Waals surface area (Å²) in [6.07, 6.45) is 18.8. The van der Waals surface area contributed by atoms with Crippen LogP contribution in [0.15, 0.2) is 48.5 Å². The number of rotatable bonds is 16. The van der Waals surface area contributed by atoms with Crippen LogP contribution in [-0.2, 0) is 12.8 Å². The van der Waals surface area contributed by atoms with Gasteiger partial charge in [-0.05, 0) is 61.1 Å². The van der Waals surface area contributed by atoms with Crippen molar-refractivity contribution < 1.29 is 0 Å². The SMILES string of the molecule is CCCCCCCCc1ccc(Nc2ccc(CCCCCCCC)cc2)cc1.N. The number of benzene rings is 2. The molecule has 2 rings (SSSR count). The molecule has 0 aliphatic carbocycles. The molecule has 4 N–H and O–H groups in total. The summed E-state index contributed by atoms with van der Waals surface area (Å²) in [4.78, 5) is 0. The standard InChI is InChI=1S/C28H43N.H3N/c1-3-5-7-9-11-13-15-25-17-21-27(22-18-25)29-28-23-19-26(20-24-28)16-14-12-10-8-6-4-2;/h17-24,29H,3-16H2,1-2H3;1H3. The lowest BCUT2D eigenvalue weighted by atomic mass is 10.0. The average Bonchev–Trinajstić information content (AvgIpc) is 2.75. The average molecular weight is 411 g/mol. The summed E-state index contributed by atoms with van der Waals surface area (Å²) in [5.74, 6) is 0. The molecule has 0 aliphatic heterocycles. The summed E-state index contributed by atoms with van der Waals surface area (Å²) in [5, 5.41) is 3.54. The van der Waals surface area contributed by atoms with E-state index in [9.17, 15) is 0 Å². The van der Waals surface area contributed by atoms with Crippen molar-refractivity contribution in [3.63, 3.8) is 0 Å². The van der Waals surface area contributed by atoms with E-state index in [0.29, 0.717) is 0 Å². The topological polar surface area (TPSA) is 47.0 Å². The van der Waals surface area contributed by atoms with Gasteiger partial charge in [0.15, 0.2) is 0 Å². The quantitative estimate of drug-likeness (QED) is 0.271. The maximum absolute atomic E-state index is 3.54. The number of aryl methyl sites for hydroxylation is 2. The molecule has 2 heteroatoms. The summed E-state index contributed by atoms with van der Waals surface area (Å²) in [6, 6.07) is 18.0. The van der Waals surface area contributed by atoms with Crippen LogP contribution in [0.5, 0.6) is 0 Å². The Kier molecular flexibility index (Phi) is 14.8. The summed E-state index contributed by atoms with van der Waals surface area (Å²) in [5.41, 5.74) is 5.28. The lowest BCUT2D eigenvalue weighted by Gasteiger charge is -2.09. The van der Waals surface area contributed by atoms with Gasteiger partial charge in [-0.25, -0.2) is 0 Å². The van der Waals surface area contributed by atoms with Gasteiger partial charge in [0.1, 0.15) is 0 Å². The minimum Gasteiger partial charge on any atom is -0.356 e. The second kappa shape index (κ2) is 16.9. The fraction of sp³-hybridized carbons (Fsp3) is 0.571. The number of nitrogens with one attached hydrogen (secondary N) is 1. The van der Waals surface area contributed by atoms with Crippen LogP contribution in [0.3, 0.4) is 0 Å². The van der Waals surface area contributed by atoms with Crippen LogP contribution in [0.4, 0.5) is 11.4 Å². The van der Waals surface area contributed by atoms with Gasteiger partial charge in [0, 0.05) is 11.4 Å². The third-order valence-corrected chi connectivity index (χ3v) is 5.83. The Balaban J connectivity index is 0.00000450. The van der Waals surface area contributed by atoms with Crippen molar-refractivity contribution in [1.29, 1.82) is 0 Å². The first-order valence-corrected chi connectivity index (χ1v) is 12.3. The summed E-state index contributed by atoms with van der Waals surface area (Å²) < 4.78 is 0. The predicted molar refractivity (Wildman–Crippen MR) is 135 cm³/mol. The Labute approximate surface area is 186 Å². The van der Waals surface area contributed by atoms with Gasteiger partial charge in [0.25, 0.3) is 0 Å². The first-order valence-electron chi connectivity index (χ1n) is 12.3. The van der Waals surface area contributed by atoms with Crippen LogP contribution in [0, 0.1) is 0 Å². The molecular formula is C28H46N2. The largest absolute Gasteiger partial charge is 0.356 e. The minimum atomic E-state index is 0. The van der Waals surface area contributed by atoms with Crippen LogP contribution in [0.25, 0.3) is 0 Å². The molecule has 0 unspecified atom stereocenters. The van der Waals surface area contributed by atoms with E-state index in [0.717, 1.165) is 0 Å². The van der Waals surface area contributed by atoms with Gasteiger partial charge in [-0.15, -0.1) is 0 Å². The third-order valence-electron chi connectivity index (χ3n) is 5.83. The van der Waals surface area contributed by atoms with Crippen molar-refractivity contribution in [3.8, 4) is 0 Å². The summed E-state index contributed by atoms with van der Waals surface area (Å²) in [6.45, 7) is 4.56. The highest BCUT2D eigenvalue weighted by Crippen LogP contribution is 2.20. The van der Waals surface area contributed by atoms with Crippen LogP contribution < -0.4 is 11.5 Å². The lowest BCUT2D eigenvalue weighted by Crippen LogP contribution is -1.93. The van der Waals surface area contributed by atoms with Crippen LogP contribution in [0.1, 0.15) is 102 Å². The van der Waals surface area contributed by atoms with E-state index in [1.807, 2.05) is 0 Å². The van der Waals surface area contributed by atoms with Gasteiger partial charge in [0.05, 0.1) is 0 Å². The smallest absolute Gasteiger partial charge is 0.0384 e. The first kappa shape index (κ1) is 26.2. The highest BCUT2D eigenvalue weighted by atomic mass is 14.9. The Morgan fingerprint density at radius 3 is 1.17 bits per heavy atom. The van der Waals surface area contributed by atoms with Crippen molar-refractivity contribution in [2.45, 2.75) is 104 Å². The monoisotopic (exact) mass is 410 g/mol. The molecule has 2 nitrogen and oxygen atoms in total. The molecule has 0 heterocycles. The molecule has 0 saturated heterocycles. The van der Waals surface area contributed by atoms with Gasteiger partial charge in [-0.3, -0.25) is 0 Å². The fourth-order valence-electron chi connectivity index (χ4n) is 3.90. The van der Waals surface area contributed by atoms with Crippen molar-refractivity contribution in [3.05, 3.63) is 59.7 Å². The van der Waals surface area contributed by atoms with Crippen molar-refractivity contribution in [2.75, 3.05) is 5.32 Å². The van der Waals surface area contributed by atoms with E-state index in [2.05, 4.69) is 67.7 Å². The van der Waals surface area contributed by atoms with E-state index in [4.69, 9.17) is 0 Å².